The van der Waals surface area contributed by atoms with Crippen molar-refractivity contribution in [2.75, 3.05) is 13.2 Å². The Labute approximate surface area is 104 Å². The molecule has 0 saturated carbocycles. The Balaban J connectivity index is 2.10. The lowest BCUT2D eigenvalue weighted by molar-refractivity contribution is -0.00338. The third kappa shape index (κ3) is 3.08. The molecule has 2 heteroatoms. The average molecular weight is 234 g/mol. The Hall–Kier alpha value is -0.860. The van der Waals surface area contributed by atoms with E-state index in [0.717, 1.165) is 38.0 Å². The number of benzene rings is 1. The second-order valence-corrected chi connectivity index (χ2v) is 5.35. The molecule has 2 nitrogen and oxygen atoms in total. The zero-order chi connectivity index (χ0) is 12.3. The third-order valence-corrected chi connectivity index (χ3v) is 3.75. The summed E-state index contributed by atoms with van der Waals surface area (Å²) in [4.78, 5) is 0. The fourth-order valence-electron chi connectivity index (χ4n) is 2.80. The molecule has 1 heterocycles. The Morgan fingerprint density at radius 1 is 1.29 bits per heavy atom. The highest BCUT2D eigenvalue weighted by atomic mass is 16.5. The largest absolute Gasteiger partial charge is 0.385 e. The Kier molecular flexibility index (Phi) is 3.85. The lowest BCUT2D eigenvalue weighted by Gasteiger charge is -2.32. The van der Waals surface area contributed by atoms with Crippen LogP contribution in [0.25, 0.3) is 0 Å². The van der Waals surface area contributed by atoms with Gasteiger partial charge in [0.05, 0.1) is 5.60 Å². The molecule has 1 unspecified atom stereocenters. The van der Waals surface area contributed by atoms with Crippen LogP contribution >= 0.6 is 0 Å². The maximum absolute atomic E-state index is 10.7. The first kappa shape index (κ1) is 12.6. The zero-order valence-electron chi connectivity index (χ0n) is 10.8. The fourth-order valence-corrected chi connectivity index (χ4v) is 2.80. The van der Waals surface area contributed by atoms with E-state index < -0.39 is 5.60 Å². The molecule has 0 aromatic heterocycles. The van der Waals surface area contributed by atoms with Gasteiger partial charge in [-0.2, -0.15) is 0 Å². The molecule has 1 fully saturated rings. The fraction of sp³-hybridized carbons (Fsp3) is 0.600. The third-order valence-electron chi connectivity index (χ3n) is 3.75. The first-order chi connectivity index (χ1) is 8.09. The Morgan fingerprint density at radius 3 is 2.59 bits per heavy atom. The monoisotopic (exact) mass is 234 g/mol. The molecule has 1 aliphatic heterocycles. The van der Waals surface area contributed by atoms with Crippen LogP contribution in [0.4, 0.5) is 0 Å². The molecule has 1 atom stereocenters. The van der Waals surface area contributed by atoms with Crippen molar-refractivity contribution in [3.8, 4) is 0 Å². The van der Waals surface area contributed by atoms with Crippen LogP contribution in [0.3, 0.4) is 0 Å². The van der Waals surface area contributed by atoms with Crippen molar-refractivity contribution in [3.05, 3.63) is 35.4 Å². The molecule has 0 spiro atoms. The van der Waals surface area contributed by atoms with Gasteiger partial charge in [-0.05, 0) is 50.2 Å². The number of aryl methyl sites for hydroxylation is 1. The maximum atomic E-state index is 10.7. The summed E-state index contributed by atoms with van der Waals surface area (Å²) in [5.41, 5.74) is 1.52. The van der Waals surface area contributed by atoms with Gasteiger partial charge in [0.1, 0.15) is 0 Å². The van der Waals surface area contributed by atoms with Gasteiger partial charge in [-0.3, -0.25) is 0 Å². The summed E-state index contributed by atoms with van der Waals surface area (Å²) >= 11 is 0. The molecule has 2 rings (SSSR count). The molecule has 0 bridgehead atoms. The van der Waals surface area contributed by atoms with Gasteiger partial charge in [-0.15, -0.1) is 0 Å². The van der Waals surface area contributed by atoms with E-state index >= 15 is 0 Å². The average Bonchev–Trinajstić information content (AvgIpc) is 2.30. The van der Waals surface area contributed by atoms with Crippen LogP contribution in [0.1, 0.15) is 37.3 Å². The van der Waals surface area contributed by atoms with Gasteiger partial charge < -0.3 is 9.84 Å². The van der Waals surface area contributed by atoms with Crippen LogP contribution in [0.5, 0.6) is 0 Å². The first-order valence-electron chi connectivity index (χ1n) is 6.46. The summed E-state index contributed by atoms with van der Waals surface area (Å²) in [5.74, 6) is 0.582. The summed E-state index contributed by atoms with van der Waals surface area (Å²) in [5, 5.41) is 10.7. The molecule has 1 aromatic carbocycles. The first-order valence-corrected chi connectivity index (χ1v) is 6.46. The van der Waals surface area contributed by atoms with Crippen LogP contribution in [-0.2, 0) is 10.3 Å². The molecule has 1 N–H and O–H groups in total. The summed E-state index contributed by atoms with van der Waals surface area (Å²) in [6.07, 6.45) is 2.98. The number of hydrogen-bond donors (Lipinski definition) is 1. The lowest BCUT2D eigenvalue weighted by Crippen LogP contribution is -2.28. The summed E-state index contributed by atoms with van der Waals surface area (Å²) < 4.78 is 5.36. The van der Waals surface area contributed by atoms with Gasteiger partial charge in [-0.25, -0.2) is 0 Å². The van der Waals surface area contributed by atoms with Crippen molar-refractivity contribution in [1.82, 2.24) is 0 Å². The highest BCUT2D eigenvalue weighted by Crippen LogP contribution is 2.33. The van der Waals surface area contributed by atoms with Gasteiger partial charge in [0.15, 0.2) is 0 Å². The van der Waals surface area contributed by atoms with E-state index in [4.69, 9.17) is 4.74 Å². The smallest absolute Gasteiger partial charge is 0.0873 e. The van der Waals surface area contributed by atoms with Crippen LogP contribution in [0.2, 0.25) is 0 Å². The van der Waals surface area contributed by atoms with Crippen molar-refractivity contribution in [3.63, 3.8) is 0 Å². The molecule has 0 radical (unpaired) electrons. The predicted molar refractivity (Wildman–Crippen MR) is 68.9 cm³/mol. The van der Waals surface area contributed by atoms with E-state index in [1.807, 2.05) is 25.1 Å². The molecule has 1 saturated heterocycles. The van der Waals surface area contributed by atoms with Crippen LogP contribution in [-0.4, -0.2) is 18.3 Å². The molecule has 0 amide bonds. The minimum absolute atomic E-state index is 0.582. The topological polar surface area (TPSA) is 29.5 Å². The summed E-state index contributed by atoms with van der Waals surface area (Å²) in [7, 11) is 0. The summed E-state index contributed by atoms with van der Waals surface area (Å²) in [6.45, 7) is 5.68. The minimum Gasteiger partial charge on any atom is -0.385 e. The number of rotatable bonds is 3. The summed E-state index contributed by atoms with van der Waals surface area (Å²) in [6, 6.07) is 8.12. The Morgan fingerprint density at radius 2 is 1.94 bits per heavy atom. The molecule has 94 valence electrons. The van der Waals surface area contributed by atoms with E-state index in [1.165, 1.54) is 5.56 Å². The van der Waals surface area contributed by atoms with E-state index in [9.17, 15) is 5.11 Å². The Bertz CT molecular complexity index is 365. The lowest BCUT2D eigenvalue weighted by atomic mass is 9.81. The predicted octanol–water partition coefficient (Wildman–Crippen LogP) is 3.02. The van der Waals surface area contributed by atoms with Crippen molar-refractivity contribution in [2.24, 2.45) is 5.92 Å². The van der Waals surface area contributed by atoms with E-state index in [-0.39, 0.29) is 0 Å². The number of hydrogen-bond acceptors (Lipinski definition) is 2. The zero-order valence-corrected chi connectivity index (χ0v) is 10.8. The standard InChI is InChI=1S/C15H22O2/c1-12-5-3-4-6-14(12)15(2,16)11-13-7-9-17-10-8-13/h3-6,13,16H,7-11H2,1-2H3. The highest BCUT2D eigenvalue weighted by Gasteiger charge is 2.29. The second-order valence-electron chi connectivity index (χ2n) is 5.35. The second kappa shape index (κ2) is 5.19. The van der Waals surface area contributed by atoms with Gasteiger partial charge >= 0.3 is 0 Å². The van der Waals surface area contributed by atoms with Crippen molar-refractivity contribution >= 4 is 0 Å². The van der Waals surface area contributed by atoms with Crippen molar-refractivity contribution in [2.45, 2.75) is 38.7 Å². The van der Waals surface area contributed by atoms with Gasteiger partial charge in [0.2, 0.25) is 0 Å². The maximum Gasteiger partial charge on any atom is 0.0873 e. The van der Waals surface area contributed by atoms with Gasteiger partial charge in [0.25, 0.3) is 0 Å². The molecule has 0 aliphatic carbocycles. The van der Waals surface area contributed by atoms with Crippen molar-refractivity contribution in [1.29, 1.82) is 0 Å². The minimum atomic E-state index is -0.715. The van der Waals surface area contributed by atoms with Crippen LogP contribution < -0.4 is 0 Å². The number of ether oxygens (including phenoxy) is 1. The van der Waals surface area contributed by atoms with E-state index in [2.05, 4.69) is 13.0 Å². The highest BCUT2D eigenvalue weighted by molar-refractivity contribution is 5.30. The van der Waals surface area contributed by atoms with E-state index in [1.54, 1.807) is 0 Å². The van der Waals surface area contributed by atoms with Gasteiger partial charge in [-0.1, -0.05) is 24.3 Å². The van der Waals surface area contributed by atoms with Gasteiger partial charge in [0, 0.05) is 13.2 Å². The van der Waals surface area contributed by atoms with Crippen LogP contribution in [0, 0.1) is 12.8 Å². The molecule has 1 aliphatic rings. The van der Waals surface area contributed by atoms with E-state index in [0.29, 0.717) is 5.92 Å². The quantitative estimate of drug-likeness (QED) is 0.871. The van der Waals surface area contributed by atoms with Crippen molar-refractivity contribution < 1.29 is 9.84 Å². The van der Waals surface area contributed by atoms with Crippen LogP contribution in [0.15, 0.2) is 24.3 Å². The molecular weight excluding hydrogens is 212 g/mol. The molecule has 1 aromatic rings. The normalized spacial score (nSPS) is 21.1. The molecule has 17 heavy (non-hydrogen) atoms. The number of aliphatic hydroxyl groups is 1. The SMILES string of the molecule is Cc1ccccc1C(C)(O)CC1CCOCC1. The molecular formula is C15H22O2.